The molecule has 1 aliphatic heterocycles. The number of carboxylic acids is 8. The highest BCUT2D eigenvalue weighted by Crippen LogP contribution is 2.38. The minimum Gasteiger partial charge on any atom is -0.481 e. The fourth-order valence-corrected chi connectivity index (χ4v) is 8.32. The third-order valence-electron chi connectivity index (χ3n) is 10.7. The smallest absolute Gasteiger partial charge is 0.307 e. The van der Waals surface area contributed by atoms with Crippen LogP contribution in [0.5, 0.6) is 0 Å². The largest absolute Gasteiger partial charge is 0.481 e. The van der Waals surface area contributed by atoms with E-state index in [2.05, 4.69) is 19.9 Å². The number of hydrogen-bond donors (Lipinski definition) is 13. The van der Waals surface area contributed by atoms with Crippen molar-refractivity contribution in [3.05, 3.63) is 90.1 Å². The molecule has 0 saturated heterocycles. The molecule has 0 aliphatic carbocycles. The number of aliphatic carboxylic acids is 8. The topological polar surface area (TPSA) is 382 Å². The van der Waals surface area contributed by atoms with Gasteiger partial charge in [0.15, 0.2) is 0 Å². The molecule has 5 rings (SSSR count). The van der Waals surface area contributed by atoms with E-state index in [-0.39, 0.29) is 135 Å². The van der Waals surface area contributed by atoms with Crippen molar-refractivity contribution in [2.45, 2.75) is 102 Å². The molecule has 5 heterocycles. The van der Waals surface area contributed by atoms with Gasteiger partial charge in [0.1, 0.15) is 6.10 Å². The lowest BCUT2D eigenvalue weighted by atomic mass is 9.92. The van der Waals surface area contributed by atoms with Gasteiger partial charge < -0.3 is 65.9 Å². The van der Waals surface area contributed by atoms with Gasteiger partial charge in [-0.1, -0.05) is 0 Å². The minimum atomic E-state index is -1.86. The zero-order valence-electron chi connectivity index (χ0n) is 32.5. The Labute approximate surface area is 344 Å². The van der Waals surface area contributed by atoms with E-state index in [0.29, 0.717) is 0 Å². The van der Waals surface area contributed by atoms with Crippen molar-refractivity contribution in [2.75, 3.05) is 0 Å². The summed E-state index contributed by atoms with van der Waals surface area (Å²) in [5.74, 6) is -10.3. The van der Waals surface area contributed by atoms with Gasteiger partial charge in [-0.3, -0.25) is 38.4 Å². The maximum absolute atomic E-state index is 12.4. The lowest BCUT2D eigenvalue weighted by Gasteiger charge is -2.14. The van der Waals surface area contributed by atoms with Crippen LogP contribution in [0.3, 0.4) is 0 Å². The van der Waals surface area contributed by atoms with Crippen LogP contribution in [0.1, 0.15) is 122 Å². The fourth-order valence-electron chi connectivity index (χ4n) is 8.32. The average molecular weight is 853 g/mol. The lowest BCUT2D eigenvalue weighted by Crippen LogP contribution is -2.12. The Morgan fingerprint density at radius 2 is 0.590 bits per heavy atom. The SMILES string of the molecule is O=C(O)CCc1c2[nH]c(c1CC(=O)O)Cc1[nH]c(c(CC(=O)O)c1CCC(=O)O)Cc1[nH]c(c(CC(=O)O)c1CCC(=O)O)C(O)c1[nH]c(c(CC(=O)O)c1CCC(=O)O)C2. The molecule has 13 N–H and O–H groups in total. The van der Waals surface area contributed by atoms with Crippen LogP contribution in [-0.2, 0) is 109 Å². The molecular weight excluding hydrogens is 808 g/mol. The van der Waals surface area contributed by atoms with E-state index in [1.54, 1.807) is 0 Å². The number of nitrogens with one attached hydrogen (secondary N) is 4. The summed E-state index contributed by atoms with van der Waals surface area (Å²) in [6.45, 7) is 0. The first-order valence-electron chi connectivity index (χ1n) is 19.0. The van der Waals surface area contributed by atoms with E-state index in [9.17, 15) is 84.3 Å². The zero-order valence-corrected chi connectivity index (χ0v) is 32.5. The Morgan fingerprint density at radius 1 is 0.344 bits per heavy atom. The third-order valence-corrected chi connectivity index (χ3v) is 10.7. The summed E-state index contributed by atoms with van der Waals surface area (Å²) < 4.78 is 0. The van der Waals surface area contributed by atoms with E-state index < -0.39 is 105 Å². The first kappa shape index (κ1) is 44.9. The number of hydrogen-bond acceptors (Lipinski definition) is 9. The van der Waals surface area contributed by atoms with Gasteiger partial charge in [-0.25, -0.2) is 0 Å². The summed E-state index contributed by atoms with van der Waals surface area (Å²) in [6, 6.07) is 0. The van der Waals surface area contributed by atoms with Gasteiger partial charge >= 0.3 is 47.8 Å². The highest BCUT2D eigenvalue weighted by molar-refractivity contribution is 5.76. The molecule has 1 atom stereocenters. The van der Waals surface area contributed by atoms with Gasteiger partial charge in [-0.05, 0) is 70.2 Å². The van der Waals surface area contributed by atoms with Crippen LogP contribution in [-0.4, -0.2) is 114 Å². The summed E-state index contributed by atoms with van der Waals surface area (Å²) in [7, 11) is 0. The van der Waals surface area contributed by atoms with E-state index in [1.165, 1.54) is 0 Å². The van der Waals surface area contributed by atoms with E-state index >= 15 is 0 Å². The van der Waals surface area contributed by atoms with Gasteiger partial charge in [0.05, 0.1) is 37.1 Å². The second-order valence-electron chi connectivity index (χ2n) is 14.8. The molecule has 21 nitrogen and oxygen atoms in total. The maximum Gasteiger partial charge on any atom is 0.307 e. The van der Waals surface area contributed by atoms with Crippen molar-refractivity contribution < 1.29 is 84.3 Å². The molecule has 326 valence electrons. The Bertz CT molecular complexity index is 2430. The molecule has 4 aromatic rings. The Balaban J connectivity index is 1.93. The summed E-state index contributed by atoms with van der Waals surface area (Å²) in [6.07, 6.45) is -8.37. The predicted molar refractivity (Wildman–Crippen MR) is 205 cm³/mol. The highest BCUT2D eigenvalue weighted by atomic mass is 16.4. The summed E-state index contributed by atoms with van der Waals surface area (Å²) in [5.41, 5.74) is 1.92. The molecule has 8 bridgehead atoms. The molecule has 0 radical (unpaired) electrons. The predicted octanol–water partition coefficient (Wildman–Crippen LogP) is 1.74. The van der Waals surface area contributed by atoms with E-state index in [1.807, 2.05) is 0 Å². The number of rotatable bonds is 20. The minimum absolute atomic E-state index is 0.0405. The van der Waals surface area contributed by atoms with Gasteiger partial charge in [0.25, 0.3) is 0 Å². The number of aromatic amines is 4. The monoisotopic (exact) mass is 852 g/mol. The van der Waals surface area contributed by atoms with Gasteiger partial charge in [0, 0.05) is 79.1 Å². The lowest BCUT2D eigenvalue weighted by molar-refractivity contribution is -0.138. The van der Waals surface area contributed by atoms with Gasteiger partial charge in [-0.15, -0.1) is 0 Å². The highest BCUT2D eigenvalue weighted by Gasteiger charge is 2.33. The summed E-state index contributed by atoms with van der Waals surface area (Å²) >= 11 is 0. The van der Waals surface area contributed by atoms with Crippen LogP contribution < -0.4 is 0 Å². The summed E-state index contributed by atoms with van der Waals surface area (Å²) in [4.78, 5) is 109. The number of aromatic nitrogens is 4. The van der Waals surface area contributed by atoms with Crippen LogP contribution >= 0.6 is 0 Å². The van der Waals surface area contributed by atoms with Gasteiger partial charge in [-0.2, -0.15) is 0 Å². The second-order valence-corrected chi connectivity index (χ2v) is 14.8. The molecule has 0 aromatic carbocycles. The number of aliphatic hydroxyl groups excluding tert-OH is 1. The van der Waals surface area contributed by atoms with Crippen molar-refractivity contribution in [3.8, 4) is 0 Å². The normalized spacial score (nSPS) is 13.5. The average Bonchev–Trinajstić information content (AvgIpc) is 3.84. The first-order valence-corrected chi connectivity index (χ1v) is 19.0. The molecular formula is C40H44N4O17. The van der Waals surface area contributed by atoms with Crippen molar-refractivity contribution in [1.29, 1.82) is 0 Å². The van der Waals surface area contributed by atoms with Crippen LogP contribution in [0.4, 0.5) is 0 Å². The molecule has 4 aromatic heterocycles. The van der Waals surface area contributed by atoms with Gasteiger partial charge in [0.2, 0.25) is 0 Å². The first-order chi connectivity index (χ1) is 28.7. The number of fused-ring (bicyclic) bond motifs is 8. The van der Waals surface area contributed by atoms with Crippen molar-refractivity contribution in [3.63, 3.8) is 0 Å². The second kappa shape index (κ2) is 18.8. The quantitative estimate of drug-likeness (QED) is 0.0602. The third kappa shape index (κ3) is 10.7. The molecule has 1 unspecified atom stereocenters. The number of H-pyrrole nitrogens is 4. The van der Waals surface area contributed by atoms with E-state index in [0.717, 1.165) is 0 Å². The van der Waals surface area contributed by atoms with E-state index in [4.69, 9.17) is 0 Å². The van der Waals surface area contributed by atoms with Crippen molar-refractivity contribution in [1.82, 2.24) is 19.9 Å². The molecule has 0 fully saturated rings. The standard InChI is InChI=1S/C40H44N4O17/c45-30(46)5-1-16-21(10-35(55)56)28-15-26-18(3-7-32(49)50)23(12-37(59)60)39(43-26)40(61)38-19(4-8-33(51)52)22(11-36(57)58)29(44-38)14-25-17(2-6-31(47)48)20(9-34(53)54)27(42-25)13-24(16)41-28/h40-44,61H,1-15H2,(H,45,46)(H,47,48)(H,49,50)(H,51,52)(H,53,54)(H,55,56)(H,57,58)(H,59,60). The zero-order chi connectivity index (χ0) is 44.9. The number of aliphatic hydroxyl groups is 1. The fraction of sp³-hybridized carbons (Fsp3) is 0.400. The molecule has 0 spiro atoms. The number of carboxylic acid groups (broad SMARTS) is 8. The van der Waals surface area contributed by atoms with Crippen LogP contribution in [0, 0.1) is 0 Å². The Hall–Kier alpha value is -7.16. The van der Waals surface area contributed by atoms with Crippen molar-refractivity contribution in [2.24, 2.45) is 0 Å². The van der Waals surface area contributed by atoms with Crippen LogP contribution in [0.15, 0.2) is 0 Å². The summed E-state index contributed by atoms with van der Waals surface area (Å²) in [5, 5.41) is 91.2. The molecule has 21 heteroatoms. The maximum atomic E-state index is 12.4. The Kier molecular flexibility index (Phi) is 13.9. The Morgan fingerprint density at radius 3 is 0.934 bits per heavy atom. The molecule has 1 aliphatic rings. The van der Waals surface area contributed by atoms with Crippen LogP contribution in [0.2, 0.25) is 0 Å². The van der Waals surface area contributed by atoms with Crippen molar-refractivity contribution >= 4 is 47.8 Å². The molecule has 0 amide bonds. The number of carbonyl (C=O) groups is 8. The van der Waals surface area contributed by atoms with Crippen LogP contribution in [0.25, 0.3) is 0 Å². The molecule has 61 heavy (non-hydrogen) atoms. The molecule has 0 saturated carbocycles.